The van der Waals surface area contributed by atoms with Gasteiger partial charge >= 0.3 is 0 Å². The lowest BCUT2D eigenvalue weighted by atomic mass is 10.0. The van der Waals surface area contributed by atoms with Crippen LogP contribution in [0.1, 0.15) is 31.4 Å². The maximum atomic E-state index is 11.7. The molecule has 0 aliphatic carbocycles. The molecule has 1 amide bonds. The van der Waals surface area contributed by atoms with E-state index in [1.165, 1.54) is 0 Å². The summed E-state index contributed by atoms with van der Waals surface area (Å²) in [5.74, 6) is -0.0644. The van der Waals surface area contributed by atoms with Crippen LogP contribution in [0.3, 0.4) is 0 Å². The largest absolute Gasteiger partial charge is 0.356 e. The Bertz CT molecular complexity index is 423. The second-order valence-electron chi connectivity index (χ2n) is 4.67. The van der Waals surface area contributed by atoms with Gasteiger partial charge in [-0.15, -0.1) is 0 Å². The summed E-state index contributed by atoms with van der Waals surface area (Å²) in [7, 11) is -0.841. The molecule has 1 aromatic rings. The number of nitrogens with one attached hydrogen (secondary N) is 1. The molecule has 0 saturated heterocycles. The van der Waals surface area contributed by atoms with Crippen LogP contribution in [-0.4, -0.2) is 28.2 Å². The van der Waals surface area contributed by atoms with Gasteiger partial charge in [0.15, 0.2) is 0 Å². The second kappa shape index (κ2) is 8.07. The third-order valence-electron chi connectivity index (χ3n) is 3.07. The highest BCUT2D eigenvalue weighted by Gasteiger charge is 2.12. The van der Waals surface area contributed by atoms with Crippen molar-refractivity contribution in [3.63, 3.8) is 0 Å². The van der Waals surface area contributed by atoms with Gasteiger partial charge < -0.3 is 11.1 Å². The van der Waals surface area contributed by atoms with E-state index in [-0.39, 0.29) is 23.6 Å². The zero-order valence-electron chi connectivity index (χ0n) is 11.5. The number of nitrogens with two attached hydrogens (primary N) is 1. The topological polar surface area (TPSA) is 72.2 Å². The molecule has 3 unspecified atom stereocenters. The van der Waals surface area contributed by atoms with Crippen molar-refractivity contribution >= 4 is 16.7 Å². The first-order valence-corrected chi connectivity index (χ1v) is 8.02. The molecule has 0 aromatic heterocycles. The minimum Gasteiger partial charge on any atom is -0.356 e. The molecule has 1 aromatic carbocycles. The van der Waals surface area contributed by atoms with Gasteiger partial charge in [0, 0.05) is 41.3 Å². The zero-order chi connectivity index (χ0) is 14.3. The van der Waals surface area contributed by atoms with E-state index in [1.807, 2.05) is 37.3 Å². The highest BCUT2D eigenvalue weighted by Crippen LogP contribution is 2.12. The van der Waals surface area contributed by atoms with Crippen molar-refractivity contribution in [3.05, 3.63) is 35.9 Å². The molecule has 4 nitrogen and oxygen atoms in total. The van der Waals surface area contributed by atoms with Crippen LogP contribution in [0.4, 0.5) is 0 Å². The minimum atomic E-state index is -0.841. The number of carbonyl (C=O) groups excluding carboxylic acids is 1. The standard InChI is InChI=1S/C14H22N2O2S/c1-11(19(2)18)8-9-16-14(17)10-13(15)12-6-4-3-5-7-12/h3-7,11,13H,8-10,15H2,1-2H3,(H,16,17). The lowest BCUT2D eigenvalue weighted by Gasteiger charge is -2.13. The molecule has 3 atom stereocenters. The van der Waals surface area contributed by atoms with Crippen LogP contribution in [0.15, 0.2) is 30.3 Å². The Morgan fingerprint density at radius 3 is 2.58 bits per heavy atom. The summed E-state index contributed by atoms with van der Waals surface area (Å²) >= 11 is 0. The van der Waals surface area contributed by atoms with E-state index in [9.17, 15) is 9.00 Å². The van der Waals surface area contributed by atoms with Crippen molar-refractivity contribution < 1.29 is 9.00 Å². The lowest BCUT2D eigenvalue weighted by molar-refractivity contribution is -0.121. The van der Waals surface area contributed by atoms with Gasteiger partial charge in [-0.25, -0.2) is 0 Å². The first-order chi connectivity index (χ1) is 9.00. The van der Waals surface area contributed by atoms with Gasteiger partial charge in [-0.05, 0) is 12.0 Å². The third kappa shape index (κ3) is 5.98. The van der Waals surface area contributed by atoms with Gasteiger partial charge in [0.05, 0.1) is 0 Å². The van der Waals surface area contributed by atoms with Crippen molar-refractivity contribution in [2.75, 3.05) is 12.8 Å². The predicted octanol–water partition coefficient (Wildman–Crippen LogP) is 1.35. The summed E-state index contributed by atoms with van der Waals surface area (Å²) in [6.07, 6.45) is 2.67. The quantitative estimate of drug-likeness (QED) is 0.793. The normalized spacial score (nSPS) is 15.5. The molecule has 0 spiro atoms. The molecular formula is C14H22N2O2S. The molecule has 0 aliphatic rings. The Hall–Kier alpha value is -1.20. The van der Waals surface area contributed by atoms with Crippen LogP contribution < -0.4 is 11.1 Å². The number of carbonyl (C=O) groups is 1. The van der Waals surface area contributed by atoms with E-state index < -0.39 is 10.8 Å². The summed E-state index contributed by atoms with van der Waals surface area (Å²) in [5.41, 5.74) is 6.93. The number of hydrogen-bond donors (Lipinski definition) is 2. The summed E-state index contributed by atoms with van der Waals surface area (Å²) < 4.78 is 11.2. The maximum absolute atomic E-state index is 11.7. The first kappa shape index (κ1) is 15.9. The number of benzene rings is 1. The SMILES string of the molecule is CC(CCNC(=O)CC(N)c1ccccc1)S(C)=O. The Kier molecular flexibility index (Phi) is 6.73. The van der Waals surface area contributed by atoms with Crippen LogP contribution in [0.5, 0.6) is 0 Å². The van der Waals surface area contributed by atoms with Gasteiger partial charge in [-0.3, -0.25) is 9.00 Å². The van der Waals surface area contributed by atoms with Gasteiger partial charge in [0.2, 0.25) is 5.91 Å². The lowest BCUT2D eigenvalue weighted by Crippen LogP contribution is -2.30. The monoisotopic (exact) mass is 282 g/mol. The van der Waals surface area contributed by atoms with Crippen molar-refractivity contribution in [1.29, 1.82) is 0 Å². The van der Waals surface area contributed by atoms with Gasteiger partial charge in [-0.1, -0.05) is 37.3 Å². The van der Waals surface area contributed by atoms with E-state index in [4.69, 9.17) is 5.73 Å². The van der Waals surface area contributed by atoms with E-state index in [0.717, 1.165) is 12.0 Å². The Morgan fingerprint density at radius 1 is 1.37 bits per heavy atom. The molecule has 0 radical (unpaired) electrons. The van der Waals surface area contributed by atoms with Crippen LogP contribution in [-0.2, 0) is 15.6 Å². The van der Waals surface area contributed by atoms with E-state index in [2.05, 4.69) is 5.32 Å². The molecule has 5 heteroatoms. The van der Waals surface area contributed by atoms with Crippen LogP contribution >= 0.6 is 0 Å². The molecule has 0 saturated carbocycles. The number of rotatable bonds is 7. The summed E-state index contributed by atoms with van der Waals surface area (Å²) in [6, 6.07) is 9.29. The fourth-order valence-corrected chi connectivity index (χ4v) is 2.12. The molecule has 1 rings (SSSR count). The van der Waals surface area contributed by atoms with E-state index in [1.54, 1.807) is 6.26 Å². The smallest absolute Gasteiger partial charge is 0.221 e. The Labute approximate surface area is 117 Å². The fourth-order valence-electron chi connectivity index (χ4n) is 1.67. The van der Waals surface area contributed by atoms with Gasteiger partial charge in [0.25, 0.3) is 0 Å². The van der Waals surface area contributed by atoms with Crippen LogP contribution in [0, 0.1) is 0 Å². The van der Waals surface area contributed by atoms with Crippen molar-refractivity contribution in [2.45, 2.75) is 31.1 Å². The third-order valence-corrected chi connectivity index (χ3v) is 4.44. The Balaban J connectivity index is 2.30. The first-order valence-electron chi connectivity index (χ1n) is 6.40. The van der Waals surface area contributed by atoms with Crippen molar-refractivity contribution in [2.24, 2.45) is 5.73 Å². The van der Waals surface area contributed by atoms with E-state index in [0.29, 0.717) is 6.54 Å². The van der Waals surface area contributed by atoms with Gasteiger partial charge in [-0.2, -0.15) is 0 Å². The Morgan fingerprint density at radius 2 is 2.00 bits per heavy atom. The van der Waals surface area contributed by atoms with Crippen molar-refractivity contribution in [1.82, 2.24) is 5.32 Å². The zero-order valence-corrected chi connectivity index (χ0v) is 12.3. The molecule has 19 heavy (non-hydrogen) atoms. The minimum absolute atomic E-state index is 0.0644. The molecule has 0 fully saturated rings. The van der Waals surface area contributed by atoms with Crippen LogP contribution in [0.2, 0.25) is 0 Å². The highest BCUT2D eigenvalue weighted by atomic mass is 32.2. The molecule has 0 bridgehead atoms. The average Bonchev–Trinajstić information content (AvgIpc) is 2.39. The summed E-state index contributed by atoms with van der Waals surface area (Å²) in [5, 5.41) is 2.92. The number of amides is 1. The number of hydrogen-bond acceptors (Lipinski definition) is 3. The molecular weight excluding hydrogens is 260 g/mol. The second-order valence-corrected chi connectivity index (χ2v) is 6.47. The van der Waals surface area contributed by atoms with Crippen LogP contribution in [0.25, 0.3) is 0 Å². The van der Waals surface area contributed by atoms with E-state index >= 15 is 0 Å². The highest BCUT2D eigenvalue weighted by molar-refractivity contribution is 7.84. The molecule has 106 valence electrons. The molecule has 3 N–H and O–H groups in total. The fraction of sp³-hybridized carbons (Fsp3) is 0.500. The average molecular weight is 282 g/mol. The predicted molar refractivity (Wildman–Crippen MR) is 79.1 cm³/mol. The summed E-state index contributed by atoms with van der Waals surface area (Å²) in [4.78, 5) is 11.7. The molecule has 0 heterocycles. The van der Waals surface area contributed by atoms with Gasteiger partial charge in [0.1, 0.15) is 0 Å². The van der Waals surface area contributed by atoms with Crippen molar-refractivity contribution in [3.8, 4) is 0 Å². The summed E-state index contributed by atoms with van der Waals surface area (Å²) in [6.45, 7) is 2.46. The maximum Gasteiger partial charge on any atom is 0.221 e. The molecule has 0 aliphatic heterocycles.